The van der Waals surface area contributed by atoms with Gasteiger partial charge in [0, 0.05) is 19.0 Å². The highest BCUT2D eigenvalue weighted by molar-refractivity contribution is 5.71. The number of esters is 1. The Morgan fingerprint density at radius 2 is 1.92 bits per heavy atom. The van der Waals surface area contributed by atoms with Gasteiger partial charge in [-0.1, -0.05) is 30.3 Å². The second kappa shape index (κ2) is 9.00. The number of nitrogens with one attached hydrogen (secondary N) is 1. The highest BCUT2D eigenvalue weighted by Crippen LogP contribution is 2.19. The van der Waals surface area contributed by atoms with Crippen LogP contribution >= 0.6 is 0 Å². The normalized spacial score (nSPS) is 20.1. The van der Waals surface area contributed by atoms with Gasteiger partial charge in [-0.3, -0.25) is 4.79 Å². The van der Waals surface area contributed by atoms with Crippen molar-refractivity contribution in [2.45, 2.75) is 39.1 Å². The maximum absolute atomic E-state index is 12.1. The predicted octanol–water partition coefficient (Wildman–Crippen LogP) is 1.55. The maximum Gasteiger partial charge on any atom is 0.410 e. The van der Waals surface area contributed by atoms with Gasteiger partial charge in [-0.2, -0.15) is 0 Å². The quantitative estimate of drug-likeness (QED) is 0.745. The number of benzene rings is 1. The van der Waals surface area contributed by atoms with Crippen LogP contribution in [0.5, 0.6) is 0 Å². The van der Waals surface area contributed by atoms with Crippen LogP contribution in [0.15, 0.2) is 30.3 Å². The van der Waals surface area contributed by atoms with E-state index in [2.05, 4.69) is 5.32 Å². The number of carbonyl (C=O) groups is 2. The fraction of sp³-hybridized carbons (Fsp3) is 0.579. The van der Waals surface area contributed by atoms with E-state index in [1.54, 1.807) is 20.8 Å². The lowest BCUT2D eigenvalue weighted by atomic mass is 10.1. The number of β-amino-alcohol motifs (C(OH)–C–C–N with tert-alkyl or cyclic N) is 1. The molecule has 0 saturated carbocycles. The fourth-order valence-corrected chi connectivity index (χ4v) is 2.68. The summed E-state index contributed by atoms with van der Waals surface area (Å²) in [5.41, 5.74) is 0.362. The van der Waals surface area contributed by atoms with E-state index in [9.17, 15) is 14.7 Å². The Kier molecular flexibility index (Phi) is 6.99. The number of hydrogen-bond donors (Lipinski definition) is 2. The Morgan fingerprint density at radius 3 is 2.58 bits per heavy atom. The van der Waals surface area contributed by atoms with Crippen molar-refractivity contribution in [1.29, 1.82) is 0 Å². The van der Waals surface area contributed by atoms with E-state index in [0.717, 1.165) is 5.56 Å². The Balaban J connectivity index is 1.67. The molecule has 1 aliphatic rings. The third-order valence-electron chi connectivity index (χ3n) is 3.98. The zero-order valence-corrected chi connectivity index (χ0v) is 15.6. The SMILES string of the molecule is CC(C)(C)OC(=O)N1CC(CNCC(=O)OCc2ccccc2)[C@H](O)C1. The molecule has 0 bridgehead atoms. The monoisotopic (exact) mass is 364 g/mol. The van der Waals surface area contributed by atoms with Crippen molar-refractivity contribution in [2.24, 2.45) is 5.92 Å². The minimum Gasteiger partial charge on any atom is -0.460 e. The molecule has 0 aliphatic carbocycles. The van der Waals surface area contributed by atoms with Gasteiger partial charge in [0.25, 0.3) is 0 Å². The number of nitrogens with zero attached hydrogens (tertiary/aromatic N) is 1. The van der Waals surface area contributed by atoms with Gasteiger partial charge in [0.1, 0.15) is 12.2 Å². The summed E-state index contributed by atoms with van der Waals surface area (Å²) in [7, 11) is 0. The van der Waals surface area contributed by atoms with E-state index in [-0.39, 0.29) is 31.6 Å². The second-order valence-corrected chi connectivity index (χ2v) is 7.49. The van der Waals surface area contributed by atoms with E-state index in [0.29, 0.717) is 13.1 Å². The lowest BCUT2D eigenvalue weighted by Crippen LogP contribution is -2.36. The zero-order valence-electron chi connectivity index (χ0n) is 15.6. The van der Waals surface area contributed by atoms with Crippen molar-refractivity contribution in [3.8, 4) is 0 Å². The molecule has 0 spiro atoms. The molecule has 1 aromatic rings. The molecule has 2 atom stereocenters. The molecule has 0 radical (unpaired) electrons. The van der Waals surface area contributed by atoms with Crippen LogP contribution < -0.4 is 5.32 Å². The van der Waals surface area contributed by atoms with Crippen molar-refractivity contribution >= 4 is 12.1 Å². The van der Waals surface area contributed by atoms with Gasteiger partial charge in [0.15, 0.2) is 0 Å². The molecular formula is C19H28N2O5. The number of hydrogen-bond acceptors (Lipinski definition) is 6. The third-order valence-corrected chi connectivity index (χ3v) is 3.98. The van der Waals surface area contributed by atoms with Crippen LogP contribution in [0.1, 0.15) is 26.3 Å². The van der Waals surface area contributed by atoms with Crippen molar-refractivity contribution in [3.05, 3.63) is 35.9 Å². The molecular weight excluding hydrogens is 336 g/mol. The van der Waals surface area contributed by atoms with Gasteiger partial charge >= 0.3 is 12.1 Å². The Bertz CT molecular complexity index is 600. The molecule has 0 aromatic heterocycles. The third kappa shape index (κ3) is 6.65. The summed E-state index contributed by atoms with van der Waals surface area (Å²) in [6.45, 7) is 6.75. The van der Waals surface area contributed by atoms with Crippen LogP contribution in [0, 0.1) is 5.92 Å². The van der Waals surface area contributed by atoms with Gasteiger partial charge in [-0.15, -0.1) is 0 Å². The number of aliphatic hydroxyl groups excluding tert-OH is 1. The van der Waals surface area contributed by atoms with Crippen molar-refractivity contribution < 1.29 is 24.2 Å². The molecule has 7 heteroatoms. The van der Waals surface area contributed by atoms with E-state index in [1.807, 2.05) is 30.3 Å². The average Bonchev–Trinajstić information content (AvgIpc) is 2.94. The summed E-state index contributed by atoms with van der Waals surface area (Å²) >= 11 is 0. The summed E-state index contributed by atoms with van der Waals surface area (Å²) in [5, 5.41) is 13.1. The number of rotatable bonds is 6. The minimum atomic E-state index is -0.643. The lowest BCUT2D eigenvalue weighted by Gasteiger charge is -2.24. The van der Waals surface area contributed by atoms with Crippen LogP contribution in [0.2, 0.25) is 0 Å². The summed E-state index contributed by atoms with van der Waals surface area (Å²) in [6.07, 6.45) is -1.07. The second-order valence-electron chi connectivity index (χ2n) is 7.49. The molecule has 1 fully saturated rings. The molecule has 144 valence electrons. The number of amides is 1. The van der Waals surface area contributed by atoms with Gasteiger partial charge in [0.2, 0.25) is 0 Å². The zero-order chi connectivity index (χ0) is 19.2. The molecule has 1 aliphatic heterocycles. The van der Waals surface area contributed by atoms with Crippen molar-refractivity contribution in [3.63, 3.8) is 0 Å². The Morgan fingerprint density at radius 1 is 1.23 bits per heavy atom. The molecule has 1 aromatic carbocycles. The highest BCUT2D eigenvalue weighted by Gasteiger charge is 2.35. The molecule has 7 nitrogen and oxygen atoms in total. The molecule has 1 heterocycles. The standard InChI is InChI=1S/C19H28N2O5/c1-19(2,3)26-18(24)21-11-15(16(22)12-21)9-20-10-17(23)25-13-14-7-5-4-6-8-14/h4-8,15-16,20,22H,9-13H2,1-3H3/t15?,16-/m1/s1. The fourth-order valence-electron chi connectivity index (χ4n) is 2.68. The topological polar surface area (TPSA) is 88.1 Å². The average molecular weight is 364 g/mol. The van der Waals surface area contributed by atoms with Crippen molar-refractivity contribution in [1.82, 2.24) is 10.2 Å². The number of aliphatic hydroxyl groups is 1. The summed E-state index contributed by atoms with van der Waals surface area (Å²) in [6, 6.07) is 9.46. The Hall–Kier alpha value is -2.12. The molecule has 26 heavy (non-hydrogen) atoms. The summed E-state index contributed by atoms with van der Waals surface area (Å²) in [5.74, 6) is -0.505. The largest absolute Gasteiger partial charge is 0.460 e. The van der Waals surface area contributed by atoms with E-state index in [1.165, 1.54) is 4.90 Å². The summed E-state index contributed by atoms with van der Waals surface area (Å²) in [4.78, 5) is 25.3. The van der Waals surface area contributed by atoms with Crippen LogP contribution in [0.25, 0.3) is 0 Å². The molecule has 1 unspecified atom stereocenters. The first-order valence-corrected chi connectivity index (χ1v) is 8.81. The summed E-state index contributed by atoms with van der Waals surface area (Å²) < 4.78 is 10.5. The molecule has 2 N–H and O–H groups in total. The van der Waals surface area contributed by atoms with Crippen LogP contribution in [0.3, 0.4) is 0 Å². The minimum absolute atomic E-state index is 0.0580. The molecule has 1 amide bonds. The first kappa shape index (κ1) is 20.2. The van der Waals surface area contributed by atoms with Gasteiger partial charge < -0.3 is 24.8 Å². The number of carbonyl (C=O) groups excluding carboxylic acids is 2. The van der Waals surface area contributed by atoms with Crippen molar-refractivity contribution in [2.75, 3.05) is 26.2 Å². The van der Waals surface area contributed by atoms with Crippen LogP contribution in [-0.2, 0) is 20.9 Å². The van der Waals surface area contributed by atoms with E-state index >= 15 is 0 Å². The van der Waals surface area contributed by atoms with Gasteiger partial charge in [-0.25, -0.2) is 4.79 Å². The maximum atomic E-state index is 12.1. The van der Waals surface area contributed by atoms with E-state index in [4.69, 9.17) is 9.47 Å². The van der Waals surface area contributed by atoms with Gasteiger partial charge in [0.05, 0.1) is 19.2 Å². The van der Waals surface area contributed by atoms with Crippen LogP contribution in [-0.4, -0.2) is 60.0 Å². The first-order chi connectivity index (χ1) is 12.2. The Labute approximate surface area is 154 Å². The van der Waals surface area contributed by atoms with Crippen LogP contribution in [0.4, 0.5) is 4.79 Å². The number of likely N-dealkylation sites (tertiary alicyclic amines) is 1. The predicted molar refractivity (Wildman–Crippen MR) is 96.4 cm³/mol. The highest BCUT2D eigenvalue weighted by atomic mass is 16.6. The molecule has 2 rings (SSSR count). The van der Waals surface area contributed by atoms with E-state index < -0.39 is 17.8 Å². The lowest BCUT2D eigenvalue weighted by molar-refractivity contribution is -0.143. The number of ether oxygens (including phenoxy) is 2. The molecule has 1 saturated heterocycles. The van der Waals surface area contributed by atoms with Gasteiger partial charge in [-0.05, 0) is 26.3 Å². The first-order valence-electron chi connectivity index (χ1n) is 8.81. The smallest absolute Gasteiger partial charge is 0.410 e.